The summed E-state index contributed by atoms with van der Waals surface area (Å²) < 4.78 is 0. The van der Waals surface area contributed by atoms with Gasteiger partial charge in [-0.3, -0.25) is 0 Å². The topological polar surface area (TPSA) is 31.1 Å². The molecule has 1 aromatic rings. The monoisotopic (exact) mass is 207 g/mol. The molecule has 1 aliphatic rings. The summed E-state index contributed by atoms with van der Waals surface area (Å²) in [7, 11) is 4.32. The Hall–Kier alpha value is -0.800. The Morgan fingerprint density at radius 3 is 2.93 bits per heavy atom. The number of aromatic amines is 1. The fourth-order valence-electron chi connectivity index (χ4n) is 2.40. The number of rotatable bonds is 4. The minimum atomic E-state index is 0.532. The van der Waals surface area contributed by atoms with Crippen molar-refractivity contribution in [2.24, 2.45) is 5.92 Å². The van der Waals surface area contributed by atoms with E-state index in [-0.39, 0.29) is 0 Å². The molecule has 3 heteroatoms. The molecule has 2 atom stereocenters. The van der Waals surface area contributed by atoms with Gasteiger partial charge in [0, 0.05) is 17.9 Å². The largest absolute Gasteiger partial charge is 0.364 e. The van der Waals surface area contributed by atoms with Gasteiger partial charge in [0.15, 0.2) is 0 Å². The molecule has 1 aliphatic heterocycles. The Morgan fingerprint density at radius 1 is 1.53 bits per heavy atom. The van der Waals surface area contributed by atoms with E-state index in [9.17, 15) is 0 Å². The van der Waals surface area contributed by atoms with E-state index in [0.717, 1.165) is 5.92 Å². The summed E-state index contributed by atoms with van der Waals surface area (Å²) in [5.74, 6) is 0.834. The molecule has 0 bridgehead atoms. The van der Waals surface area contributed by atoms with Crippen LogP contribution in [0.3, 0.4) is 0 Å². The van der Waals surface area contributed by atoms with Gasteiger partial charge in [-0.15, -0.1) is 0 Å². The van der Waals surface area contributed by atoms with Gasteiger partial charge in [0.2, 0.25) is 0 Å². The maximum atomic E-state index is 3.43. The summed E-state index contributed by atoms with van der Waals surface area (Å²) in [6, 6.07) is 4.80. The predicted octanol–water partition coefficient (Wildman–Crippen LogP) is 1.62. The Bertz CT molecular complexity index is 273. The van der Waals surface area contributed by atoms with Crippen LogP contribution in [0.4, 0.5) is 0 Å². The SMILES string of the molecule is CN(C)C(CC1CCNC1)c1ccc[nH]1. The summed E-state index contributed by atoms with van der Waals surface area (Å²) >= 11 is 0. The number of nitrogens with zero attached hydrogens (tertiary/aromatic N) is 1. The van der Waals surface area contributed by atoms with Crippen LogP contribution in [0.1, 0.15) is 24.6 Å². The third-order valence-corrected chi connectivity index (χ3v) is 3.32. The summed E-state index contributed by atoms with van der Waals surface area (Å²) in [6.45, 7) is 2.38. The van der Waals surface area contributed by atoms with Crippen LogP contribution in [0, 0.1) is 5.92 Å². The van der Waals surface area contributed by atoms with E-state index in [1.165, 1.54) is 31.6 Å². The van der Waals surface area contributed by atoms with Gasteiger partial charge >= 0.3 is 0 Å². The van der Waals surface area contributed by atoms with Crippen LogP contribution in [-0.4, -0.2) is 37.1 Å². The quantitative estimate of drug-likeness (QED) is 0.786. The van der Waals surface area contributed by atoms with Crippen molar-refractivity contribution >= 4 is 0 Å². The molecule has 0 aliphatic carbocycles. The first-order valence-corrected chi connectivity index (χ1v) is 5.78. The minimum absolute atomic E-state index is 0.532. The van der Waals surface area contributed by atoms with Crippen molar-refractivity contribution < 1.29 is 0 Å². The summed E-state index contributed by atoms with van der Waals surface area (Å²) in [5, 5.41) is 3.43. The maximum absolute atomic E-state index is 3.43. The summed E-state index contributed by atoms with van der Waals surface area (Å²) in [4.78, 5) is 5.64. The molecular weight excluding hydrogens is 186 g/mol. The van der Waals surface area contributed by atoms with Crippen LogP contribution < -0.4 is 5.32 Å². The normalized spacial score (nSPS) is 23.5. The van der Waals surface area contributed by atoms with E-state index in [2.05, 4.69) is 41.4 Å². The van der Waals surface area contributed by atoms with E-state index in [4.69, 9.17) is 0 Å². The van der Waals surface area contributed by atoms with Gasteiger partial charge in [0.1, 0.15) is 0 Å². The number of nitrogens with one attached hydrogen (secondary N) is 2. The number of hydrogen-bond acceptors (Lipinski definition) is 2. The van der Waals surface area contributed by atoms with E-state index in [1.54, 1.807) is 0 Å². The highest BCUT2D eigenvalue weighted by Gasteiger charge is 2.22. The molecule has 0 amide bonds. The highest BCUT2D eigenvalue weighted by atomic mass is 15.1. The van der Waals surface area contributed by atoms with Gasteiger partial charge in [0.25, 0.3) is 0 Å². The van der Waals surface area contributed by atoms with Crippen molar-refractivity contribution in [3.8, 4) is 0 Å². The second-order valence-electron chi connectivity index (χ2n) is 4.70. The second-order valence-corrected chi connectivity index (χ2v) is 4.70. The molecular formula is C12H21N3. The van der Waals surface area contributed by atoms with E-state index >= 15 is 0 Å². The molecule has 1 fully saturated rings. The Morgan fingerprint density at radius 2 is 2.40 bits per heavy atom. The lowest BCUT2D eigenvalue weighted by atomic mass is 9.96. The number of hydrogen-bond donors (Lipinski definition) is 2. The maximum Gasteiger partial charge on any atom is 0.0496 e. The standard InChI is InChI=1S/C12H21N3/c1-15(2)12(11-4-3-6-14-11)8-10-5-7-13-9-10/h3-4,6,10,12-14H,5,7-9H2,1-2H3. The van der Waals surface area contributed by atoms with Crippen LogP contribution in [0.5, 0.6) is 0 Å². The second kappa shape index (κ2) is 4.81. The van der Waals surface area contributed by atoms with Crippen molar-refractivity contribution in [3.63, 3.8) is 0 Å². The zero-order chi connectivity index (χ0) is 10.7. The molecule has 0 radical (unpaired) electrons. The van der Waals surface area contributed by atoms with Gasteiger partial charge < -0.3 is 15.2 Å². The van der Waals surface area contributed by atoms with E-state index in [1.807, 2.05) is 6.20 Å². The van der Waals surface area contributed by atoms with Crippen LogP contribution in [0.25, 0.3) is 0 Å². The molecule has 84 valence electrons. The molecule has 2 N–H and O–H groups in total. The Kier molecular flexibility index (Phi) is 3.44. The lowest BCUT2D eigenvalue weighted by Crippen LogP contribution is -2.23. The highest BCUT2D eigenvalue weighted by molar-refractivity contribution is 5.09. The first-order chi connectivity index (χ1) is 7.27. The first kappa shape index (κ1) is 10.7. The summed E-state index contributed by atoms with van der Waals surface area (Å²) in [5.41, 5.74) is 1.34. The number of aromatic nitrogens is 1. The lowest BCUT2D eigenvalue weighted by molar-refractivity contribution is 0.249. The molecule has 3 nitrogen and oxygen atoms in total. The van der Waals surface area contributed by atoms with Crippen molar-refractivity contribution in [3.05, 3.63) is 24.0 Å². The van der Waals surface area contributed by atoms with Crippen LogP contribution in [-0.2, 0) is 0 Å². The van der Waals surface area contributed by atoms with Gasteiger partial charge in [-0.2, -0.15) is 0 Å². The minimum Gasteiger partial charge on any atom is -0.364 e. The van der Waals surface area contributed by atoms with Gasteiger partial charge in [-0.25, -0.2) is 0 Å². The summed E-state index contributed by atoms with van der Waals surface area (Å²) in [6.07, 6.45) is 4.59. The predicted molar refractivity (Wildman–Crippen MR) is 62.8 cm³/mol. The molecule has 1 aromatic heterocycles. The lowest BCUT2D eigenvalue weighted by Gasteiger charge is -2.25. The zero-order valence-corrected chi connectivity index (χ0v) is 9.66. The van der Waals surface area contributed by atoms with Crippen LogP contribution >= 0.6 is 0 Å². The average Bonchev–Trinajstić information content (AvgIpc) is 2.87. The third-order valence-electron chi connectivity index (χ3n) is 3.32. The molecule has 2 heterocycles. The Labute approximate surface area is 91.9 Å². The average molecular weight is 207 g/mol. The van der Waals surface area contributed by atoms with E-state index in [0.29, 0.717) is 6.04 Å². The van der Waals surface area contributed by atoms with Crippen LogP contribution in [0.2, 0.25) is 0 Å². The van der Waals surface area contributed by atoms with Gasteiger partial charge in [-0.05, 0) is 58.1 Å². The van der Waals surface area contributed by atoms with Crippen molar-refractivity contribution in [2.75, 3.05) is 27.2 Å². The molecule has 2 unspecified atom stereocenters. The molecule has 0 spiro atoms. The molecule has 15 heavy (non-hydrogen) atoms. The fraction of sp³-hybridized carbons (Fsp3) is 0.667. The highest BCUT2D eigenvalue weighted by Crippen LogP contribution is 2.27. The van der Waals surface area contributed by atoms with Crippen molar-refractivity contribution in [1.29, 1.82) is 0 Å². The smallest absolute Gasteiger partial charge is 0.0496 e. The van der Waals surface area contributed by atoms with Gasteiger partial charge in [0.05, 0.1) is 0 Å². The number of H-pyrrole nitrogens is 1. The fourth-order valence-corrected chi connectivity index (χ4v) is 2.40. The van der Waals surface area contributed by atoms with Crippen LogP contribution in [0.15, 0.2) is 18.3 Å². The van der Waals surface area contributed by atoms with Crippen molar-refractivity contribution in [2.45, 2.75) is 18.9 Å². The Balaban J connectivity index is 2.00. The van der Waals surface area contributed by atoms with Gasteiger partial charge in [-0.1, -0.05) is 0 Å². The van der Waals surface area contributed by atoms with E-state index < -0.39 is 0 Å². The first-order valence-electron chi connectivity index (χ1n) is 5.78. The molecule has 2 rings (SSSR count). The third kappa shape index (κ3) is 2.61. The van der Waals surface area contributed by atoms with Crippen molar-refractivity contribution in [1.82, 2.24) is 15.2 Å². The zero-order valence-electron chi connectivity index (χ0n) is 9.66. The molecule has 0 saturated carbocycles. The molecule has 1 saturated heterocycles. The molecule has 0 aromatic carbocycles.